The first-order chi connectivity index (χ1) is 50.3. The predicted molar refractivity (Wildman–Crippen MR) is 453 cm³/mol. The summed E-state index contributed by atoms with van der Waals surface area (Å²) in [5.74, 6) is 0. The van der Waals surface area contributed by atoms with E-state index in [0.717, 1.165) is 29.6 Å². The van der Waals surface area contributed by atoms with Crippen molar-refractivity contribution in [3.8, 4) is 21.6 Å². The molecule has 11 heterocycles. The largest absolute Gasteiger partial charge is 0.371 e. The van der Waals surface area contributed by atoms with Crippen molar-refractivity contribution in [2.75, 3.05) is 91.0 Å². The summed E-state index contributed by atoms with van der Waals surface area (Å²) in [6.45, 7) is 47.9. The number of hydrogen-bond acceptors (Lipinski definition) is 11. The first-order valence-corrected chi connectivity index (χ1v) is 42.4. The molecule has 0 aliphatic carbocycles. The molecular weight excluding hydrogens is 1360 g/mol. The van der Waals surface area contributed by atoms with Gasteiger partial charge in [-0.3, -0.25) is 33.9 Å². The summed E-state index contributed by atoms with van der Waals surface area (Å²) in [4.78, 5) is 22.0. The number of benzene rings is 4. The zero-order valence-corrected chi connectivity index (χ0v) is 70.9. The van der Waals surface area contributed by atoms with Crippen LogP contribution in [-0.4, -0.2) is 168 Å². The SMILES string of the molecule is CC(C)(C)N1CCCC1c1cc(Cl)ccc1N1CCCC1.CC(C)(C)N1CCCC1c1ccccc1-c1cccs1.CN1CC=C(c2ccc(Cl)cc2C2CCCN2C(C)(C)C)CC1.CN1CCC(n2nccc2C2CCCN2C(C)(C)C)CC1.Cn1cc(-c2ccccc2[C@H]2CCCN2C(C)(C)C)cn1. The van der Waals surface area contributed by atoms with Gasteiger partial charge in [0.15, 0.2) is 0 Å². The Bertz CT molecular complexity index is 3930. The average molecular weight is 1500 g/mol. The summed E-state index contributed by atoms with van der Waals surface area (Å²) in [5.41, 5.74) is 16.7. The van der Waals surface area contributed by atoms with E-state index in [4.69, 9.17) is 28.3 Å². The minimum atomic E-state index is 0.196. The lowest BCUT2D eigenvalue weighted by Gasteiger charge is -2.38. The predicted octanol–water partition coefficient (Wildman–Crippen LogP) is 22.3. The monoisotopic (exact) mass is 1500 g/mol. The smallest absolute Gasteiger partial charge is 0.0568 e. The van der Waals surface area contributed by atoms with E-state index in [2.05, 4.69) is 288 Å². The van der Waals surface area contributed by atoms with E-state index in [-0.39, 0.29) is 27.7 Å². The molecule has 7 saturated heterocycles. The van der Waals surface area contributed by atoms with Gasteiger partial charge in [0.1, 0.15) is 0 Å². The van der Waals surface area contributed by atoms with Gasteiger partial charge in [-0.05, 0) is 352 Å². The molecule has 15 rings (SSSR count). The lowest BCUT2D eigenvalue weighted by atomic mass is 9.89. The van der Waals surface area contributed by atoms with Crippen molar-refractivity contribution in [3.05, 3.63) is 177 Å². The zero-order chi connectivity index (χ0) is 75.9. The third-order valence-electron chi connectivity index (χ3n) is 24.0. The molecule has 578 valence electrons. The molecule has 7 aromatic rings. The van der Waals surface area contributed by atoms with E-state index in [0.29, 0.717) is 36.3 Å². The molecule has 4 aromatic carbocycles. The molecule has 7 fully saturated rings. The van der Waals surface area contributed by atoms with Crippen molar-refractivity contribution in [1.82, 2.24) is 53.9 Å². The van der Waals surface area contributed by atoms with Gasteiger partial charge in [-0.1, -0.05) is 89.9 Å². The molecule has 15 heteroatoms. The molecule has 8 aliphatic rings. The highest BCUT2D eigenvalue weighted by Gasteiger charge is 2.41. The average Bonchev–Trinajstić information content (AvgIpc) is 1.65. The normalized spacial score (nSPS) is 23.1. The topological polar surface area (TPSA) is 61.6 Å². The number of aryl methyl sites for hydroxylation is 1. The van der Waals surface area contributed by atoms with Crippen molar-refractivity contribution in [3.63, 3.8) is 0 Å². The Morgan fingerprint density at radius 2 is 0.887 bits per heavy atom. The Kier molecular flexibility index (Phi) is 27.4. The second kappa shape index (κ2) is 35.5. The second-order valence-electron chi connectivity index (χ2n) is 36.8. The number of rotatable bonds is 10. The van der Waals surface area contributed by atoms with Crippen LogP contribution in [0, 0.1) is 0 Å². The molecule has 8 aliphatic heterocycles. The quantitative estimate of drug-likeness (QED) is 0.132. The van der Waals surface area contributed by atoms with Crippen molar-refractivity contribution in [2.24, 2.45) is 7.05 Å². The number of halogens is 2. The van der Waals surface area contributed by atoms with Gasteiger partial charge in [0.05, 0.1) is 24.0 Å². The summed E-state index contributed by atoms with van der Waals surface area (Å²) < 4.78 is 4.23. The van der Waals surface area contributed by atoms with E-state index >= 15 is 0 Å². The fourth-order valence-electron chi connectivity index (χ4n) is 18.8. The van der Waals surface area contributed by atoms with Crippen LogP contribution in [0.2, 0.25) is 10.0 Å². The fraction of sp³-hybridized carbons (Fsp3) is 0.604. The maximum atomic E-state index is 6.37. The number of hydrogen-bond donors (Lipinski definition) is 0. The van der Waals surface area contributed by atoms with Crippen molar-refractivity contribution >= 4 is 45.8 Å². The van der Waals surface area contributed by atoms with E-state index in [9.17, 15) is 0 Å². The molecule has 0 N–H and O–H groups in total. The van der Waals surface area contributed by atoms with Gasteiger partial charge < -0.3 is 14.7 Å². The van der Waals surface area contributed by atoms with Crippen LogP contribution in [0.25, 0.3) is 27.1 Å². The van der Waals surface area contributed by atoms with Crippen molar-refractivity contribution in [1.29, 1.82) is 0 Å². The van der Waals surface area contributed by atoms with E-state index in [1.165, 1.54) is 215 Å². The van der Waals surface area contributed by atoms with Crippen LogP contribution in [0.4, 0.5) is 5.69 Å². The van der Waals surface area contributed by atoms with Crippen molar-refractivity contribution < 1.29 is 0 Å². The molecule has 0 amide bonds. The van der Waals surface area contributed by atoms with E-state index < -0.39 is 0 Å². The highest BCUT2D eigenvalue weighted by Crippen LogP contribution is 2.47. The van der Waals surface area contributed by atoms with Crippen LogP contribution in [-0.2, 0) is 7.05 Å². The fourth-order valence-corrected chi connectivity index (χ4v) is 19.9. The van der Waals surface area contributed by atoms with Crippen LogP contribution in [0.15, 0.2) is 133 Å². The molecule has 0 radical (unpaired) electrons. The lowest BCUT2D eigenvalue weighted by Crippen LogP contribution is -2.41. The number of likely N-dealkylation sites (N-methyl/N-ethyl adjacent to an activating group) is 1. The summed E-state index contributed by atoms with van der Waals surface area (Å²) in [7, 11) is 6.38. The standard InChI is InChI=1S/C20H29ClN2.C18H27ClN2.C18H25N3.C18H23NS.C17H30N4/c1-20(2,3)23-11-5-6-19(23)18-14-16(21)7-8-17(18)15-9-12-22(4)13-10-15;1-18(2,3)21-12-6-7-17(21)15-13-14(19)8-9-16(15)20-10-4-5-11-20;1-18(2,3)21-11-7-10-17(21)16-9-6-5-8-15(16)14-12-19-20(4)13-14;1-18(2,3)19-12-6-10-16(19)14-8-4-5-9-15(14)17-11-7-13-20-17;1-17(2,3)20-11-5-6-15(20)16-7-10-18-21(16)14-8-12-19(4)13-9-14/h7-9,14,19H,5-6,10-13H2,1-4H3;8-9,13,17H,4-7,10-12H2,1-3H3;5-6,8-9,12-13,17H,7,10-11H2,1-4H3;4-5,7-9,11,13,16H,6,10,12H2,1-3H3;7,10,14-15H,5-6,8-9,11-13H2,1-4H3/t;;17-;;/m..1../s1. The molecule has 0 spiro atoms. The summed E-state index contributed by atoms with van der Waals surface area (Å²) in [6.07, 6.45) is 27.4. The van der Waals surface area contributed by atoms with E-state index in [1.807, 2.05) is 35.5 Å². The highest BCUT2D eigenvalue weighted by atomic mass is 35.5. The Morgan fingerprint density at radius 1 is 0.415 bits per heavy atom. The van der Waals surface area contributed by atoms with Gasteiger partial charge in [-0.15, -0.1) is 11.3 Å². The van der Waals surface area contributed by atoms with Crippen LogP contribution in [0.1, 0.15) is 270 Å². The molecule has 12 nitrogen and oxygen atoms in total. The minimum absolute atomic E-state index is 0.196. The maximum absolute atomic E-state index is 6.37. The Labute approximate surface area is 655 Å². The summed E-state index contributed by atoms with van der Waals surface area (Å²) >= 11 is 14.5. The maximum Gasteiger partial charge on any atom is 0.0568 e. The highest BCUT2D eigenvalue weighted by molar-refractivity contribution is 7.13. The van der Waals surface area contributed by atoms with E-state index in [1.54, 1.807) is 0 Å². The number of likely N-dealkylation sites (tertiary alicyclic amines) is 6. The molecule has 106 heavy (non-hydrogen) atoms. The molecule has 4 unspecified atom stereocenters. The first-order valence-electron chi connectivity index (χ1n) is 40.8. The third kappa shape index (κ3) is 20.3. The minimum Gasteiger partial charge on any atom is -0.371 e. The lowest BCUT2D eigenvalue weighted by molar-refractivity contribution is 0.112. The van der Waals surface area contributed by atoms with Crippen LogP contribution in [0.5, 0.6) is 0 Å². The molecule has 0 saturated carbocycles. The van der Waals surface area contributed by atoms with Gasteiger partial charge >= 0.3 is 0 Å². The van der Waals surface area contributed by atoms with Crippen LogP contribution < -0.4 is 4.90 Å². The summed E-state index contributed by atoms with van der Waals surface area (Å²) in [5, 5.41) is 12.9. The Balaban J connectivity index is 0.000000132. The van der Waals surface area contributed by atoms with Gasteiger partial charge in [-0.25, -0.2) is 0 Å². The third-order valence-corrected chi connectivity index (χ3v) is 25.4. The number of thiophene rings is 1. The number of nitrogens with zero attached hydrogens (tertiary/aromatic N) is 12. The van der Waals surface area contributed by atoms with Crippen LogP contribution in [0.3, 0.4) is 0 Å². The Hall–Kier alpha value is -5.16. The zero-order valence-electron chi connectivity index (χ0n) is 68.6. The molecular formula is C91H134Cl2N12S. The summed E-state index contributed by atoms with van der Waals surface area (Å²) in [6, 6.07) is 40.6. The van der Waals surface area contributed by atoms with Crippen LogP contribution >= 0.6 is 34.5 Å². The number of piperidine rings is 1. The second-order valence-corrected chi connectivity index (χ2v) is 38.6. The van der Waals surface area contributed by atoms with Crippen molar-refractivity contribution in [2.45, 2.75) is 264 Å². The van der Waals surface area contributed by atoms with Gasteiger partial charge in [0.2, 0.25) is 0 Å². The van der Waals surface area contributed by atoms with Gasteiger partial charge in [-0.2, -0.15) is 10.2 Å². The molecule has 3 aromatic heterocycles. The number of aromatic nitrogens is 4. The van der Waals surface area contributed by atoms with Gasteiger partial charge in [0.25, 0.3) is 0 Å². The molecule has 5 atom stereocenters. The first kappa shape index (κ1) is 81.8. The van der Waals surface area contributed by atoms with Gasteiger partial charge in [0, 0.05) is 124 Å². The Morgan fingerprint density at radius 3 is 1.38 bits per heavy atom. The number of anilines is 1. The molecule has 0 bridgehead atoms.